The number of carboxylic acids is 1. The summed E-state index contributed by atoms with van der Waals surface area (Å²) in [6.45, 7) is 2.35. The maximum absolute atomic E-state index is 11.4. The number of methoxy groups -OCH3 is 1. The van der Waals surface area contributed by atoms with Crippen LogP contribution in [-0.2, 0) is 14.3 Å². The Morgan fingerprint density at radius 2 is 2.18 bits per heavy atom. The van der Waals surface area contributed by atoms with Crippen LogP contribution in [0.15, 0.2) is 0 Å². The molecule has 1 amide bonds. The number of carbonyl (C=O) groups is 2. The van der Waals surface area contributed by atoms with Crippen molar-refractivity contribution >= 4 is 23.6 Å². The molecule has 100 valence electrons. The van der Waals surface area contributed by atoms with Crippen LogP contribution in [0.5, 0.6) is 0 Å². The van der Waals surface area contributed by atoms with Gasteiger partial charge in [-0.15, -0.1) is 0 Å². The fourth-order valence-corrected chi connectivity index (χ4v) is 2.05. The molecule has 0 aromatic heterocycles. The van der Waals surface area contributed by atoms with Gasteiger partial charge < -0.3 is 15.2 Å². The van der Waals surface area contributed by atoms with Gasteiger partial charge in [-0.2, -0.15) is 11.8 Å². The van der Waals surface area contributed by atoms with Gasteiger partial charge in [0.1, 0.15) is 0 Å². The van der Waals surface area contributed by atoms with Gasteiger partial charge in [0.2, 0.25) is 5.91 Å². The fourth-order valence-electron chi connectivity index (χ4n) is 1.12. The van der Waals surface area contributed by atoms with Crippen molar-refractivity contribution in [3.05, 3.63) is 0 Å². The van der Waals surface area contributed by atoms with E-state index in [9.17, 15) is 9.59 Å². The first-order chi connectivity index (χ1) is 8.10. The Morgan fingerprint density at radius 3 is 2.71 bits per heavy atom. The average molecular weight is 263 g/mol. The molecule has 0 radical (unpaired) electrons. The number of carbonyl (C=O) groups excluding carboxylic acids is 1. The van der Waals surface area contributed by atoms with Gasteiger partial charge in [0.25, 0.3) is 0 Å². The number of ether oxygens (including phenoxy) is 1. The first kappa shape index (κ1) is 16.2. The van der Waals surface area contributed by atoms with Gasteiger partial charge in [0.15, 0.2) is 0 Å². The van der Waals surface area contributed by atoms with Crippen LogP contribution in [0, 0.1) is 0 Å². The fraction of sp³-hybridized carbons (Fsp3) is 0.818. The van der Waals surface area contributed by atoms with E-state index < -0.39 is 12.1 Å². The molecule has 0 aliphatic heterocycles. The Labute approximate surface area is 106 Å². The van der Waals surface area contributed by atoms with E-state index in [1.807, 2.05) is 0 Å². The van der Waals surface area contributed by atoms with Crippen LogP contribution in [0.1, 0.15) is 26.2 Å². The summed E-state index contributed by atoms with van der Waals surface area (Å²) in [5, 5.41) is 11.3. The molecule has 0 fully saturated rings. The van der Waals surface area contributed by atoms with Gasteiger partial charge in [0, 0.05) is 13.7 Å². The van der Waals surface area contributed by atoms with Gasteiger partial charge in [-0.25, -0.2) is 0 Å². The Balaban J connectivity index is 3.62. The van der Waals surface area contributed by atoms with Crippen molar-refractivity contribution in [2.24, 2.45) is 0 Å². The molecule has 17 heavy (non-hydrogen) atoms. The van der Waals surface area contributed by atoms with Gasteiger partial charge in [-0.1, -0.05) is 13.3 Å². The largest absolute Gasteiger partial charge is 0.481 e. The highest BCUT2D eigenvalue weighted by atomic mass is 32.2. The molecule has 0 aromatic carbocycles. The number of amides is 1. The van der Waals surface area contributed by atoms with Crippen LogP contribution in [0.4, 0.5) is 0 Å². The molecule has 0 aromatic rings. The topological polar surface area (TPSA) is 75.6 Å². The lowest BCUT2D eigenvalue weighted by Gasteiger charge is -2.13. The van der Waals surface area contributed by atoms with Crippen LogP contribution in [0.3, 0.4) is 0 Å². The van der Waals surface area contributed by atoms with Crippen LogP contribution >= 0.6 is 11.8 Å². The SMILES string of the molecule is CCCCSCC(=O)NCC(CC(=O)O)OC. The minimum atomic E-state index is -0.927. The van der Waals surface area contributed by atoms with Crippen molar-refractivity contribution in [3.63, 3.8) is 0 Å². The highest BCUT2D eigenvalue weighted by Gasteiger charge is 2.13. The van der Waals surface area contributed by atoms with Crippen LogP contribution in [-0.4, -0.2) is 48.2 Å². The molecule has 6 heteroatoms. The van der Waals surface area contributed by atoms with Crippen LogP contribution in [0.25, 0.3) is 0 Å². The summed E-state index contributed by atoms with van der Waals surface area (Å²) in [5.41, 5.74) is 0. The van der Waals surface area contributed by atoms with Crippen molar-refractivity contribution in [2.45, 2.75) is 32.3 Å². The summed E-state index contributed by atoms with van der Waals surface area (Å²) in [7, 11) is 1.44. The van der Waals surface area contributed by atoms with E-state index in [1.54, 1.807) is 11.8 Å². The van der Waals surface area contributed by atoms with Crippen molar-refractivity contribution < 1.29 is 19.4 Å². The van der Waals surface area contributed by atoms with E-state index >= 15 is 0 Å². The minimum Gasteiger partial charge on any atom is -0.481 e. The summed E-state index contributed by atoms with van der Waals surface area (Å²) in [5.74, 6) is 0.401. The number of carboxylic acid groups (broad SMARTS) is 1. The molecule has 5 nitrogen and oxygen atoms in total. The normalized spacial score (nSPS) is 12.1. The lowest BCUT2D eigenvalue weighted by atomic mass is 10.2. The predicted molar refractivity (Wildman–Crippen MR) is 68.3 cm³/mol. The number of nitrogens with one attached hydrogen (secondary N) is 1. The third-order valence-electron chi connectivity index (χ3n) is 2.14. The number of aliphatic carboxylic acids is 1. The average Bonchev–Trinajstić information content (AvgIpc) is 2.29. The molecule has 1 atom stereocenters. The highest BCUT2D eigenvalue weighted by molar-refractivity contribution is 7.99. The quantitative estimate of drug-likeness (QED) is 0.578. The van der Waals surface area contributed by atoms with Crippen molar-refractivity contribution in [1.82, 2.24) is 5.32 Å². The lowest BCUT2D eigenvalue weighted by Crippen LogP contribution is -2.35. The molecule has 0 heterocycles. The predicted octanol–water partition coefficient (Wildman–Crippen LogP) is 1.13. The number of rotatable bonds is 10. The standard InChI is InChI=1S/C11H21NO4S/c1-3-4-5-17-8-10(13)12-7-9(16-2)6-11(14)15/h9H,3-8H2,1-2H3,(H,12,13)(H,14,15). The summed E-state index contributed by atoms with van der Waals surface area (Å²) in [6, 6.07) is 0. The number of hydrogen-bond acceptors (Lipinski definition) is 4. The molecule has 1 unspecified atom stereocenters. The molecule has 0 rings (SSSR count). The maximum atomic E-state index is 11.4. The zero-order valence-electron chi connectivity index (χ0n) is 10.4. The molecule has 0 aliphatic rings. The minimum absolute atomic E-state index is 0.0708. The van der Waals surface area contributed by atoms with Gasteiger partial charge in [0.05, 0.1) is 18.3 Å². The molecular formula is C11H21NO4S. The van der Waals surface area contributed by atoms with E-state index in [-0.39, 0.29) is 18.9 Å². The molecule has 0 spiro atoms. The van der Waals surface area contributed by atoms with E-state index in [2.05, 4.69) is 12.2 Å². The zero-order valence-corrected chi connectivity index (χ0v) is 11.2. The van der Waals surface area contributed by atoms with Gasteiger partial charge in [-0.3, -0.25) is 9.59 Å². The first-order valence-corrected chi connectivity index (χ1v) is 6.84. The summed E-state index contributed by atoms with van der Waals surface area (Å²) in [6.07, 6.45) is 1.67. The third-order valence-corrected chi connectivity index (χ3v) is 3.18. The molecular weight excluding hydrogens is 242 g/mol. The number of unbranched alkanes of at least 4 members (excludes halogenated alkanes) is 1. The van der Waals surface area contributed by atoms with Gasteiger partial charge >= 0.3 is 5.97 Å². The van der Waals surface area contributed by atoms with E-state index in [4.69, 9.17) is 9.84 Å². The second-order valence-electron chi connectivity index (χ2n) is 3.67. The lowest BCUT2D eigenvalue weighted by molar-refractivity contribution is -0.140. The summed E-state index contributed by atoms with van der Waals surface area (Å²) in [4.78, 5) is 21.8. The van der Waals surface area contributed by atoms with Crippen molar-refractivity contribution in [3.8, 4) is 0 Å². The Morgan fingerprint density at radius 1 is 1.47 bits per heavy atom. The van der Waals surface area contributed by atoms with Gasteiger partial charge in [-0.05, 0) is 12.2 Å². The smallest absolute Gasteiger partial charge is 0.306 e. The number of hydrogen-bond donors (Lipinski definition) is 2. The van der Waals surface area contributed by atoms with E-state index in [1.165, 1.54) is 7.11 Å². The van der Waals surface area contributed by atoms with Crippen molar-refractivity contribution in [1.29, 1.82) is 0 Å². The van der Waals surface area contributed by atoms with Crippen LogP contribution < -0.4 is 5.32 Å². The Bertz CT molecular complexity index is 236. The molecule has 2 N–H and O–H groups in total. The Kier molecular flexibility index (Phi) is 9.95. The highest BCUT2D eigenvalue weighted by Crippen LogP contribution is 2.03. The summed E-state index contributed by atoms with van der Waals surface area (Å²) >= 11 is 1.59. The van der Waals surface area contributed by atoms with Crippen LogP contribution in [0.2, 0.25) is 0 Å². The monoisotopic (exact) mass is 263 g/mol. The zero-order chi connectivity index (χ0) is 13.1. The molecule has 0 saturated heterocycles. The first-order valence-electron chi connectivity index (χ1n) is 5.69. The summed E-state index contributed by atoms with van der Waals surface area (Å²) < 4.78 is 4.95. The van der Waals surface area contributed by atoms with E-state index in [0.717, 1.165) is 18.6 Å². The number of thioether (sulfide) groups is 1. The Hall–Kier alpha value is -0.750. The molecule has 0 bridgehead atoms. The molecule has 0 saturated carbocycles. The second kappa shape index (κ2) is 10.4. The van der Waals surface area contributed by atoms with Crippen molar-refractivity contribution in [2.75, 3.05) is 25.2 Å². The van der Waals surface area contributed by atoms with E-state index in [0.29, 0.717) is 5.75 Å². The maximum Gasteiger partial charge on any atom is 0.306 e. The molecule has 0 aliphatic carbocycles. The second-order valence-corrected chi connectivity index (χ2v) is 4.77. The third kappa shape index (κ3) is 10.1.